The maximum atomic E-state index is 12.9. The molecule has 0 aliphatic heterocycles. The lowest BCUT2D eigenvalue weighted by Crippen LogP contribution is -1.88. The predicted octanol–water partition coefficient (Wildman–Crippen LogP) is 2.41. The minimum Gasteiger partial charge on any atom is -0.494 e. The van der Waals surface area contributed by atoms with Gasteiger partial charge in [-0.25, -0.2) is 4.39 Å². The zero-order valence-electron chi connectivity index (χ0n) is 6.60. The molecule has 0 fully saturated rings. The van der Waals surface area contributed by atoms with E-state index in [9.17, 15) is 4.39 Å². The van der Waals surface area contributed by atoms with Crippen molar-refractivity contribution in [1.29, 1.82) is 0 Å². The molecule has 0 amide bonds. The van der Waals surface area contributed by atoms with Crippen LogP contribution in [0.2, 0.25) is 0 Å². The largest absolute Gasteiger partial charge is 0.494 e. The average Bonchev–Trinajstić information content (AvgIpc) is 2.04. The van der Waals surface area contributed by atoms with E-state index < -0.39 is 0 Å². The van der Waals surface area contributed by atoms with Gasteiger partial charge in [-0.1, -0.05) is 13.0 Å². The molecule has 0 aromatic heterocycles. The van der Waals surface area contributed by atoms with E-state index in [-0.39, 0.29) is 11.6 Å². The molecule has 11 heavy (non-hydrogen) atoms. The van der Waals surface area contributed by atoms with Crippen molar-refractivity contribution in [2.45, 2.75) is 6.92 Å². The van der Waals surface area contributed by atoms with Gasteiger partial charge in [-0.2, -0.15) is 0 Å². The third-order valence-electron chi connectivity index (χ3n) is 1.51. The van der Waals surface area contributed by atoms with Crippen LogP contribution < -0.4 is 4.74 Å². The predicted molar refractivity (Wildman–Crippen MR) is 42.0 cm³/mol. The number of benzene rings is 1. The van der Waals surface area contributed by atoms with Crippen molar-refractivity contribution in [3.8, 4) is 5.75 Å². The molecule has 2 heteroatoms. The molecule has 1 rings (SSSR count). The third-order valence-corrected chi connectivity index (χ3v) is 1.51. The molecule has 0 saturated heterocycles. The summed E-state index contributed by atoms with van der Waals surface area (Å²) >= 11 is 0. The molecule has 0 heterocycles. The lowest BCUT2D eigenvalue weighted by molar-refractivity contribution is 0.386. The summed E-state index contributed by atoms with van der Waals surface area (Å²) in [6, 6.07) is 4.87. The van der Waals surface area contributed by atoms with Crippen LogP contribution >= 0.6 is 0 Å². The van der Waals surface area contributed by atoms with E-state index in [1.54, 1.807) is 6.07 Å². The van der Waals surface area contributed by atoms with Crippen molar-refractivity contribution in [3.05, 3.63) is 36.0 Å². The number of methoxy groups -OCH3 is 1. The lowest BCUT2D eigenvalue weighted by Gasteiger charge is -2.02. The van der Waals surface area contributed by atoms with Gasteiger partial charge in [-0.3, -0.25) is 0 Å². The average molecular weight is 153 g/mol. The van der Waals surface area contributed by atoms with Crippen LogP contribution in [0.3, 0.4) is 0 Å². The molecule has 0 N–H and O–H groups in total. The standard InChI is InChI=1S/C9H10FO/c1-3-7-4-5-9(11-2)8(10)6-7/h3-6H,1-2H3. The van der Waals surface area contributed by atoms with Crippen LogP contribution in [0.4, 0.5) is 4.39 Å². The molecule has 0 spiro atoms. The van der Waals surface area contributed by atoms with Crippen LogP contribution in [0.25, 0.3) is 0 Å². The van der Waals surface area contributed by atoms with Crippen molar-refractivity contribution in [2.24, 2.45) is 0 Å². The number of rotatable bonds is 2. The van der Waals surface area contributed by atoms with Gasteiger partial charge in [0.25, 0.3) is 0 Å². The van der Waals surface area contributed by atoms with Crippen molar-refractivity contribution in [1.82, 2.24) is 0 Å². The smallest absolute Gasteiger partial charge is 0.165 e. The summed E-state index contributed by atoms with van der Waals surface area (Å²) in [5.74, 6) is -0.0290. The number of hydrogen-bond donors (Lipinski definition) is 0. The van der Waals surface area contributed by atoms with Gasteiger partial charge in [0.2, 0.25) is 0 Å². The first-order chi connectivity index (χ1) is 5.27. The van der Waals surface area contributed by atoms with Crippen molar-refractivity contribution in [2.75, 3.05) is 7.11 Å². The normalized spacial score (nSPS) is 9.73. The van der Waals surface area contributed by atoms with E-state index in [0.29, 0.717) is 0 Å². The Morgan fingerprint density at radius 1 is 1.45 bits per heavy atom. The van der Waals surface area contributed by atoms with E-state index in [4.69, 9.17) is 4.74 Å². The second-order valence-corrected chi connectivity index (χ2v) is 2.18. The highest BCUT2D eigenvalue weighted by Gasteiger charge is 2.00. The summed E-state index contributed by atoms with van der Waals surface area (Å²) in [4.78, 5) is 0. The third kappa shape index (κ3) is 1.70. The SMILES string of the molecule is C[CH]c1ccc(OC)c(F)c1. The van der Waals surface area contributed by atoms with Crippen LogP contribution in [-0.2, 0) is 0 Å². The Hall–Kier alpha value is -1.05. The van der Waals surface area contributed by atoms with Crippen molar-refractivity contribution in [3.63, 3.8) is 0 Å². The quantitative estimate of drug-likeness (QED) is 0.634. The van der Waals surface area contributed by atoms with Crippen LogP contribution in [0.15, 0.2) is 18.2 Å². The fourth-order valence-electron chi connectivity index (χ4n) is 0.862. The molecule has 1 aromatic rings. The second-order valence-electron chi connectivity index (χ2n) is 2.18. The summed E-state index contributed by atoms with van der Waals surface area (Å²) in [7, 11) is 1.45. The fourth-order valence-corrected chi connectivity index (χ4v) is 0.862. The van der Waals surface area contributed by atoms with Gasteiger partial charge >= 0.3 is 0 Å². The second kappa shape index (κ2) is 3.37. The molecule has 0 bridgehead atoms. The monoisotopic (exact) mass is 153 g/mol. The Morgan fingerprint density at radius 3 is 2.64 bits per heavy atom. The van der Waals surface area contributed by atoms with Crippen LogP contribution in [0, 0.1) is 12.2 Å². The first kappa shape index (κ1) is 8.05. The molecule has 59 valence electrons. The Morgan fingerprint density at radius 2 is 2.18 bits per heavy atom. The number of ether oxygens (including phenoxy) is 1. The van der Waals surface area contributed by atoms with E-state index in [2.05, 4.69) is 0 Å². The van der Waals surface area contributed by atoms with Gasteiger partial charge in [0.15, 0.2) is 11.6 Å². The minimum atomic E-state index is -0.317. The molecule has 0 atom stereocenters. The van der Waals surface area contributed by atoms with E-state index in [0.717, 1.165) is 5.56 Å². The van der Waals surface area contributed by atoms with Crippen LogP contribution in [-0.4, -0.2) is 7.11 Å². The number of halogens is 1. The van der Waals surface area contributed by atoms with E-state index >= 15 is 0 Å². The van der Waals surface area contributed by atoms with Crippen molar-refractivity contribution < 1.29 is 9.13 Å². The Balaban J connectivity index is 2.99. The molecule has 0 saturated carbocycles. The zero-order chi connectivity index (χ0) is 8.27. The van der Waals surface area contributed by atoms with Crippen LogP contribution in [0.5, 0.6) is 5.75 Å². The maximum absolute atomic E-state index is 12.9. The molecular weight excluding hydrogens is 143 g/mol. The topological polar surface area (TPSA) is 9.23 Å². The minimum absolute atomic E-state index is 0.288. The van der Waals surface area contributed by atoms with E-state index in [1.165, 1.54) is 13.2 Å². The summed E-state index contributed by atoms with van der Waals surface area (Å²) in [6.45, 7) is 1.86. The van der Waals surface area contributed by atoms with Gasteiger partial charge in [0, 0.05) is 0 Å². The summed E-state index contributed by atoms with van der Waals surface area (Å²) in [5.41, 5.74) is 0.864. The van der Waals surface area contributed by atoms with Gasteiger partial charge in [0.1, 0.15) is 0 Å². The highest BCUT2D eigenvalue weighted by Crippen LogP contribution is 2.17. The molecular formula is C9H10FO. The Bertz CT molecular complexity index is 245. The molecule has 0 aliphatic carbocycles. The molecule has 0 aliphatic rings. The molecule has 1 aromatic carbocycles. The highest BCUT2D eigenvalue weighted by molar-refractivity contribution is 5.32. The zero-order valence-corrected chi connectivity index (χ0v) is 6.60. The van der Waals surface area contributed by atoms with Crippen molar-refractivity contribution >= 4 is 0 Å². The Labute approximate surface area is 65.8 Å². The molecule has 1 radical (unpaired) electrons. The number of hydrogen-bond acceptors (Lipinski definition) is 1. The molecule has 1 nitrogen and oxygen atoms in total. The van der Waals surface area contributed by atoms with Gasteiger partial charge in [-0.05, 0) is 24.1 Å². The van der Waals surface area contributed by atoms with Gasteiger partial charge in [-0.15, -0.1) is 0 Å². The maximum Gasteiger partial charge on any atom is 0.165 e. The first-order valence-corrected chi connectivity index (χ1v) is 3.41. The highest BCUT2D eigenvalue weighted by atomic mass is 19.1. The fraction of sp³-hybridized carbons (Fsp3) is 0.222. The summed E-state index contributed by atoms with van der Waals surface area (Å²) < 4.78 is 17.6. The summed E-state index contributed by atoms with van der Waals surface area (Å²) in [5, 5.41) is 0. The van der Waals surface area contributed by atoms with Gasteiger partial charge < -0.3 is 4.74 Å². The van der Waals surface area contributed by atoms with Gasteiger partial charge in [0.05, 0.1) is 7.11 Å². The molecule has 0 unspecified atom stereocenters. The summed E-state index contributed by atoms with van der Waals surface area (Å²) in [6.07, 6.45) is 1.84. The van der Waals surface area contributed by atoms with E-state index in [1.807, 2.05) is 19.4 Å². The lowest BCUT2D eigenvalue weighted by atomic mass is 10.1. The van der Waals surface area contributed by atoms with Crippen LogP contribution in [0.1, 0.15) is 12.5 Å². The Kier molecular flexibility index (Phi) is 2.47. The first-order valence-electron chi connectivity index (χ1n) is 3.41.